The predicted molar refractivity (Wildman–Crippen MR) is 133 cm³/mol. The van der Waals surface area contributed by atoms with E-state index in [0.29, 0.717) is 19.4 Å². The summed E-state index contributed by atoms with van der Waals surface area (Å²) in [5.41, 5.74) is 5.21. The van der Waals surface area contributed by atoms with Crippen LogP contribution >= 0.6 is 0 Å². The van der Waals surface area contributed by atoms with Crippen LogP contribution in [0.5, 0.6) is 5.75 Å². The molecule has 2 atom stereocenters. The van der Waals surface area contributed by atoms with Gasteiger partial charge in [0.1, 0.15) is 11.4 Å². The molecule has 3 aromatic rings. The molecule has 5 rings (SSSR count). The number of hydrogen-bond acceptors (Lipinski definition) is 5. The van der Waals surface area contributed by atoms with Crippen molar-refractivity contribution in [1.29, 1.82) is 0 Å². The van der Waals surface area contributed by atoms with Crippen molar-refractivity contribution < 1.29 is 14.6 Å². The molecule has 0 bridgehead atoms. The normalized spacial score (nSPS) is 21.6. The second-order valence-corrected chi connectivity index (χ2v) is 9.57. The number of hydrogen-bond donors (Lipinski definition) is 1. The van der Waals surface area contributed by atoms with Crippen molar-refractivity contribution in [3.63, 3.8) is 0 Å². The quantitative estimate of drug-likeness (QED) is 0.491. The molecule has 2 unspecified atom stereocenters. The van der Waals surface area contributed by atoms with Crippen molar-refractivity contribution >= 4 is 11.5 Å². The van der Waals surface area contributed by atoms with Crippen LogP contribution in [0.15, 0.2) is 71.9 Å². The van der Waals surface area contributed by atoms with Crippen LogP contribution in [0.3, 0.4) is 0 Å². The maximum absolute atomic E-state index is 13.3. The van der Waals surface area contributed by atoms with Gasteiger partial charge >= 0.3 is 0 Å². The molecule has 1 fully saturated rings. The van der Waals surface area contributed by atoms with E-state index in [1.807, 2.05) is 67.6 Å². The van der Waals surface area contributed by atoms with Gasteiger partial charge in [-0.05, 0) is 74.4 Å². The number of pyridine rings is 1. The Bertz CT molecular complexity index is 1220. The second-order valence-electron chi connectivity index (χ2n) is 9.57. The van der Waals surface area contributed by atoms with Gasteiger partial charge in [0.05, 0.1) is 18.9 Å². The largest absolute Gasteiger partial charge is 0.485 e. The number of rotatable bonds is 7. The number of fused-ring (bicyclic) bond motifs is 1. The third-order valence-corrected chi connectivity index (χ3v) is 7.01. The summed E-state index contributed by atoms with van der Waals surface area (Å²) in [5, 5.41) is 10.2. The average molecular weight is 455 g/mol. The van der Waals surface area contributed by atoms with Crippen molar-refractivity contribution in [2.24, 2.45) is 10.9 Å². The number of aryl methyl sites for hydroxylation is 1. The number of aliphatic hydroxyl groups excluding tert-OH is 1. The van der Waals surface area contributed by atoms with Crippen molar-refractivity contribution in [1.82, 2.24) is 4.98 Å². The van der Waals surface area contributed by atoms with Crippen LogP contribution in [-0.4, -0.2) is 33.8 Å². The summed E-state index contributed by atoms with van der Waals surface area (Å²) in [6.45, 7) is 2.56. The standard InChI is InChI=1S/C29H30N2O3/c1-20-14-23(11-13-30-20)28-26-16-22(9-10-24(26)18-31-28)27(33)15-21-6-5-12-29(17-21,19-32)34-25-7-3-2-4-8-25/h2-4,7-11,13-14,16,21,32H,5-6,12,15,17-19H2,1H3. The lowest BCUT2D eigenvalue weighted by Crippen LogP contribution is -2.45. The molecule has 5 heteroatoms. The van der Waals surface area contributed by atoms with Gasteiger partial charge in [-0.1, -0.05) is 30.3 Å². The molecule has 2 aliphatic rings. The number of aromatic nitrogens is 1. The number of aliphatic hydroxyl groups is 1. The van der Waals surface area contributed by atoms with Gasteiger partial charge in [0.25, 0.3) is 0 Å². The van der Waals surface area contributed by atoms with Crippen molar-refractivity contribution in [2.75, 3.05) is 6.61 Å². The SMILES string of the molecule is Cc1cc(C2=NCc3ccc(C(=O)CC4CCCC(CO)(Oc5ccccc5)C4)cc32)ccn1. The summed E-state index contributed by atoms with van der Waals surface area (Å²) >= 11 is 0. The summed E-state index contributed by atoms with van der Waals surface area (Å²) in [6, 6.07) is 19.6. The van der Waals surface area contributed by atoms with Crippen molar-refractivity contribution in [3.05, 3.63) is 94.8 Å². The zero-order valence-electron chi connectivity index (χ0n) is 19.5. The summed E-state index contributed by atoms with van der Waals surface area (Å²) in [4.78, 5) is 22.3. The molecule has 1 aliphatic carbocycles. The van der Waals surface area contributed by atoms with E-state index in [1.165, 1.54) is 0 Å². The van der Waals surface area contributed by atoms with Gasteiger partial charge < -0.3 is 9.84 Å². The molecule has 0 saturated heterocycles. The number of nitrogens with zero attached hydrogens (tertiary/aromatic N) is 2. The molecule has 1 N–H and O–H groups in total. The first-order chi connectivity index (χ1) is 16.5. The van der Waals surface area contributed by atoms with Crippen LogP contribution in [0.4, 0.5) is 0 Å². The van der Waals surface area contributed by atoms with Gasteiger partial charge in [0.2, 0.25) is 0 Å². The van der Waals surface area contributed by atoms with Crippen LogP contribution < -0.4 is 4.74 Å². The van der Waals surface area contributed by atoms with Crippen LogP contribution in [0.2, 0.25) is 0 Å². The first-order valence-corrected chi connectivity index (χ1v) is 12.0. The number of ketones is 1. The zero-order chi connectivity index (χ0) is 23.5. The summed E-state index contributed by atoms with van der Waals surface area (Å²) in [7, 11) is 0. The Morgan fingerprint density at radius 2 is 2.00 bits per heavy atom. The fourth-order valence-electron chi connectivity index (χ4n) is 5.30. The highest BCUT2D eigenvalue weighted by atomic mass is 16.5. The van der Waals surface area contributed by atoms with Crippen LogP contribution in [0, 0.1) is 12.8 Å². The molecule has 1 saturated carbocycles. The van der Waals surface area contributed by atoms with E-state index >= 15 is 0 Å². The minimum atomic E-state index is -0.623. The molecular formula is C29H30N2O3. The molecular weight excluding hydrogens is 424 g/mol. The number of benzene rings is 2. The first-order valence-electron chi connectivity index (χ1n) is 12.0. The van der Waals surface area contributed by atoms with Gasteiger partial charge in [-0.2, -0.15) is 0 Å². The summed E-state index contributed by atoms with van der Waals surface area (Å²) < 4.78 is 6.26. The number of aliphatic imine (C=N–C) groups is 1. The highest BCUT2D eigenvalue weighted by Gasteiger charge is 2.38. The van der Waals surface area contributed by atoms with Gasteiger partial charge in [0, 0.05) is 35.0 Å². The van der Waals surface area contributed by atoms with E-state index in [1.54, 1.807) is 6.20 Å². The lowest BCUT2D eigenvalue weighted by Gasteiger charge is -2.39. The smallest absolute Gasteiger partial charge is 0.163 e. The Labute approximate surface area is 200 Å². The first kappa shape index (κ1) is 22.5. The number of para-hydroxylation sites is 1. The number of ether oxygens (including phenoxy) is 1. The van der Waals surface area contributed by atoms with E-state index in [2.05, 4.69) is 4.98 Å². The molecule has 0 amide bonds. The minimum Gasteiger partial charge on any atom is -0.485 e. The van der Waals surface area contributed by atoms with Crippen molar-refractivity contribution in [3.8, 4) is 5.75 Å². The highest BCUT2D eigenvalue weighted by molar-refractivity contribution is 6.16. The van der Waals surface area contributed by atoms with Crippen LogP contribution in [0.1, 0.15) is 64.8 Å². The Balaban J connectivity index is 1.31. The molecule has 0 radical (unpaired) electrons. The Kier molecular flexibility index (Phi) is 6.29. The van der Waals surface area contributed by atoms with Crippen LogP contribution in [0.25, 0.3) is 0 Å². The van der Waals surface area contributed by atoms with Gasteiger partial charge in [-0.25, -0.2) is 0 Å². The van der Waals surface area contributed by atoms with Gasteiger partial charge in [0.15, 0.2) is 5.78 Å². The average Bonchev–Trinajstić information content (AvgIpc) is 3.28. The maximum atomic E-state index is 13.3. The third-order valence-electron chi connectivity index (χ3n) is 7.01. The van der Waals surface area contributed by atoms with E-state index in [9.17, 15) is 9.90 Å². The summed E-state index contributed by atoms with van der Waals surface area (Å²) in [6.07, 6.45) is 5.65. The van der Waals surface area contributed by atoms with E-state index < -0.39 is 5.60 Å². The lowest BCUT2D eigenvalue weighted by atomic mass is 9.75. The van der Waals surface area contributed by atoms with E-state index in [0.717, 1.165) is 58.7 Å². The Morgan fingerprint density at radius 1 is 1.15 bits per heavy atom. The van der Waals surface area contributed by atoms with Crippen molar-refractivity contribution in [2.45, 2.75) is 51.2 Å². The Hall–Kier alpha value is -3.31. The van der Waals surface area contributed by atoms with Gasteiger partial charge in [-0.15, -0.1) is 0 Å². The fraction of sp³-hybridized carbons (Fsp3) is 0.345. The number of carbonyl (C=O) groups excluding carboxylic acids is 1. The fourth-order valence-corrected chi connectivity index (χ4v) is 5.30. The lowest BCUT2D eigenvalue weighted by molar-refractivity contribution is -0.0361. The Morgan fingerprint density at radius 3 is 2.79 bits per heavy atom. The minimum absolute atomic E-state index is 0.0450. The second kappa shape index (κ2) is 9.51. The molecule has 1 aromatic heterocycles. The topological polar surface area (TPSA) is 71.8 Å². The molecule has 5 nitrogen and oxygen atoms in total. The molecule has 0 spiro atoms. The molecule has 34 heavy (non-hydrogen) atoms. The predicted octanol–water partition coefficient (Wildman–Crippen LogP) is 5.31. The molecule has 174 valence electrons. The molecule has 1 aliphatic heterocycles. The number of carbonyl (C=O) groups is 1. The summed E-state index contributed by atoms with van der Waals surface area (Å²) in [5.74, 6) is 1.08. The van der Waals surface area contributed by atoms with E-state index in [-0.39, 0.29) is 18.3 Å². The maximum Gasteiger partial charge on any atom is 0.163 e. The van der Waals surface area contributed by atoms with E-state index in [4.69, 9.17) is 9.73 Å². The van der Waals surface area contributed by atoms with Crippen LogP contribution in [-0.2, 0) is 6.54 Å². The third kappa shape index (κ3) is 4.66. The monoisotopic (exact) mass is 454 g/mol. The molecule has 2 aromatic carbocycles. The van der Waals surface area contributed by atoms with Gasteiger partial charge in [-0.3, -0.25) is 14.8 Å². The molecule has 2 heterocycles. The number of Topliss-reactive ketones (excluding diaryl/α,β-unsaturated/α-hetero) is 1. The zero-order valence-corrected chi connectivity index (χ0v) is 19.5. The highest BCUT2D eigenvalue weighted by Crippen LogP contribution is 2.38.